The van der Waals surface area contributed by atoms with Gasteiger partial charge in [0.15, 0.2) is 6.34 Å². The summed E-state index contributed by atoms with van der Waals surface area (Å²) in [6.45, 7) is 6.92. The molecule has 32 heavy (non-hydrogen) atoms. The molecule has 0 saturated carbocycles. The van der Waals surface area contributed by atoms with Gasteiger partial charge in [-0.05, 0) is 79.3 Å². The van der Waals surface area contributed by atoms with E-state index in [1.807, 2.05) is 0 Å². The minimum absolute atomic E-state index is 0.0864. The molecule has 1 atom stereocenters. The Morgan fingerprint density at radius 1 is 1.00 bits per heavy atom. The van der Waals surface area contributed by atoms with Gasteiger partial charge in [-0.1, -0.05) is 54.1 Å². The van der Waals surface area contributed by atoms with Crippen molar-refractivity contribution in [2.75, 3.05) is 23.0 Å². The molecule has 0 bridgehead atoms. The molecule has 2 aliphatic heterocycles. The van der Waals surface area contributed by atoms with Crippen LogP contribution in [-0.4, -0.2) is 18.0 Å². The summed E-state index contributed by atoms with van der Waals surface area (Å²) >= 11 is 10.2. The van der Waals surface area contributed by atoms with Gasteiger partial charge in [0.25, 0.3) is 0 Å². The molecule has 0 amide bonds. The molecule has 2 saturated heterocycles. The van der Waals surface area contributed by atoms with Crippen LogP contribution in [0, 0.1) is 5.41 Å². The van der Waals surface area contributed by atoms with E-state index >= 15 is 0 Å². The van der Waals surface area contributed by atoms with E-state index in [4.69, 9.17) is 11.8 Å². The zero-order valence-electron chi connectivity index (χ0n) is 18.6. The molecule has 168 valence electrons. The number of hydrogen-bond acceptors (Lipinski definition) is 3. The minimum atomic E-state index is -2.39. The fourth-order valence-corrected chi connectivity index (χ4v) is 9.14. The predicted molar refractivity (Wildman–Crippen MR) is 143 cm³/mol. The quantitative estimate of drug-likeness (QED) is 0.409. The number of nitrogens with one attached hydrogen (secondary N) is 2. The number of halogens is 1. The smallest absolute Gasteiger partial charge is 0.173 e. The number of allylic oxidation sites excluding steroid dienone is 3. The van der Waals surface area contributed by atoms with Gasteiger partial charge in [-0.2, -0.15) is 0 Å². The van der Waals surface area contributed by atoms with Crippen molar-refractivity contribution in [1.29, 1.82) is 0 Å². The second-order valence-corrected chi connectivity index (χ2v) is 14.2. The second-order valence-electron chi connectivity index (χ2n) is 9.52. The van der Waals surface area contributed by atoms with Crippen molar-refractivity contribution in [3.05, 3.63) is 81.9 Å². The van der Waals surface area contributed by atoms with E-state index < -0.39 is 6.34 Å². The Bertz CT molecular complexity index is 1100. The highest BCUT2D eigenvalue weighted by atomic mass is 79.9. The van der Waals surface area contributed by atoms with Crippen LogP contribution in [0.25, 0.3) is 0 Å². The highest BCUT2D eigenvalue weighted by Gasteiger charge is 2.46. The number of likely N-dealkylation sites (tertiary alicyclic amines) is 1. The predicted octanol–water partition coefficient (Wildman–Crippen LogP) is 7.21. The molecule has 0 aromatic heterocycles. The number of anilines is 2. The Morgan fingerprint density at radius 3 is 2.38 bits per heavy atom. The Hall–Kier alpha value is -1.75. The van der Waals surface area contributed by atoms with Crippen molar-refractivity contribution in [1.82, 2.24) is 10.3 Å². The molecule has 7 heteroatoms. The summed E-state index contributed by atoms with van der Waals surface area (Å²) in [4.78, 5) is 2.62. The van der Waals surface area contributed by atoms with Crippen LogP contribution < -0.4 is 15.3 Å². The van der Waals surface area contributed by atoms with E-state index in [0.29, 0.717) is 0 Å². The molecule has 0 spiro atoms. The summed E-state index contributed by atoms with van der Waals surface area (Å²) in [5, 5.41) is 5.14. The SMILES string of the molecule is CC1(C)C=C2NN(c3ccccc3)[P@@](=S)(Nc3ccc(Br)cc3)C2=C(N2CCCCC2)C1. The standard InChI is InChI=1S/C25H30BrN4PS/c1-25(2)17-22-24(23(18-25)29-15-7-4-8-16-29)31(32,28-20-13-11-19(26)12-14-20)30(27-22)21-9-5-3-6-10-21/h3,5-6,9-14,17,27H,4,7-8,15-16,18H2,1-2H3,(H,28,32)/t31-/m0/s1. The van der Waals surface area contributed by atoms with Crippen molar-refractivity contribution in [2.45, 2.75) is 39.5 Å². The summed E-state index contributed by atoms with van der Waals surface area (Å²) in [6.07, 6.45) is 4.87. The number of nitrogens with zero attached hydrogens (tertiary/aromatic N) is 2. The summed E-state index contributed by atoms with van der Waals surface area (Å²) < 4.78 is 3.30. The van der Waals surface area contributed by atoms with Crippen LogP contribution in [0.3, 0.4) is 0 Å². The third-order valence-electron chi connectivity index (χ3n) is 6.36. The van der Waals surface area contributed by atoms with Crippen molar-refractivity contribution in [2.24, 2.45) is 5.41 Å². The lowest BCUT2D eigenvalue weighted by Gasteiger charge is -2.39. The molecule has 0 radical (unpaired) electrons. The monoisotopic (exact) mass is 528 g/mol. The van der Waals surface area contributed by atoms with Crippen LogP contribution in [0.5, 0.6) is 0 Å². The zero-order chi connectivity index (χ0) is 22.3. The van der Waals surface area contributed by atoms with Crippen molar-refractivity contribution >= 4 is 45.5 Å². The molecule has 5 rings (SSSR count). The highest BCUT2D eigenvalue weighted by molar-refractivity contribution is 9.10. The number of rotatable bonds is 4. The van der Waals surface area contributed by atoms with Crippen LogP contribution in [0.2, 0.25) is 0 Å². The molecule has 2 fully saturated rings. The maximum absolute atomic E-state index is 6.63. The molecule has 4 nitrogen and oxygen atoms in total. The summed E-state index contributed by atoms with van der Waals surface area (Å²) in [5.74, 6) is 0. The van der Waals surface area contributed by atoms with Gasteiger partial charge >= 0.3 is 0 Å². The van der Waals surface area contributed by atoms with Crippen molar-refractivity contribution in [3.8, 4) is 0 Å². The number of hydrazine groups is 1. The molecular formula is C25H30BrN4PS. The van der Waals surface area contributed by atoms with Crippen LogP contribution in [0.1, 0.15) is 39.5 Å². The maximum atomic E-state index is 6.63. The lowest BCUT2D eigenvalue weighted by molar-refractivity contribution is 0.254. The van der Waals surface area contributed by atoms with Crippen LogP contribution in [0.4, 0.5) is 11.4 Å². The average Bonchev–Trinajstić information content (AvgIpc) is 3.07. The average molecular weight is 529 g/mol. The fourth-order valence-electron chi connectivity index (χ4n) is 4.92. The molecular weight excluding hydrogens is 499 g/mol. The molecule has 2 N–H and O–H groups in total. The van der Waals surface area contributed by atoms with Crippen LogP contribution >= 0.6 is 22.3 Å². The van der Waals surface area contributed by atoms with E-state index in [9.17, 15) is 0 Å². The minimum Gasteiger partial charge on any atom is -0.374 e. The molecule has 2 aromatic carbocycles. The van der Waals surface area contributed by atoms with Gasteiger partial charge in [-0.3, -0.25) is 5.43 Å². The first-order valence-electron chi connectivity index (χ1n) is 11.3. The maximum Gasteiger partial charge on any atom is 0.173 e. The summed E-state index contributed by atoms with van der Waals surface area (Å²) in [5.41, 5.74) is 8.59. The molecule has 2 heterocycles. The van der Waals surface area contributed by atoms with E-state index in [-0.39, 0.29) is 5.41 Å². The van der Waals surface area contributed by atoms with Gasteiger partial charge in [0.1, 0.15) is 0 Å². The third kappa shape index (κ3) is 4.13. The topological polar surface area (TPSA) is 30.5 Å². The van der Waals surface area contributed by atoms with Gasteiger partial charge in [0.05, 0.1) is 16.7 Å². The molecule has 3 aliphatic rings. The Kier molecular flexibility index (Phi) is 5.90. The fraction of sp³-hybridized carbons (Fsp3) is 0.360. The van der Waals surface area contributed by atoms with E-state index in [0.717, 1.165) is 35.4 Å². The number of hydrogen-bond donors (Lipinski definition) is 2. The van der Waals surface area contributed by atoms with Crippen LogP contribution in [0.15, 0.2) is 81.9 Å². The van der Waals surface area contributed by atoms with E-state index in [2.05, 4.69) is 111 Å². The largest absolute Gasteiger partial charge is 0.374 e. The van der Waals surface area contributed by atoms with E-state index in [1.165, 1.54) is 36.0 Å². The molecule has 1 aliphatic carbocycles. The van der Waals surface area contributed by atoms with E-state index in [1.54, 1.807) is 0 Å². The van der Waals surface area contributed by atoms with Gasteiger partial charge in [-0.15, -0.1) is 0 Å². The Labute approximate surface area is 205 Å². The van der Waals surface area contributed by atoms with Crippen molar-refractivity contribution < 1.29 is 0 Å². The lowest BCUT2D eigenvalue weighted by Crippen LogP contribution is -2.34. The lowest BCUT2D eigenvalue weighted by atomic mass is 9.82. The normalized spacial score (nSPS) is 24.7. The zero-order valence-corrected chi connectivity index (χ0v) is 21.9. The Balaban J connectivity index is 1.67. The number of benzene rings is 2. The second kappa shape index (κ2) is 8.55. The van der Waals surface area contributed by atoms with Gasteiger partial charge < -0.3 is 9.99 Å². The third-order valence-corrected chi connectivity index (χ3v) is 10.8. The number of para-hydroxylation sites is 1. The highest BCUT2D eigenvalue weighted by Crippen LogP contribution is 2.67. The number of fused-ring (bicyclic) bond motifs is 1. The van der Waals surface area contributed by atoms with Gasteiger partial charge in [0, 0.05) is 28.9 Å². The summed E-state index contributed by atoms with van der Waals surface area (Å²) in [6, 6.07) is 18.9. The Morgan fingerprint density at radius 2 is 1.69 bits per heavy atom. The number of piperidine rings is 1. The van der Waals surface area contributed by atoms with Gasteiger partial charge in [0.2, 0.25) is 0 Å². The van der Waals surface area contributed by atoms with Crippen LogP contribution in [-0.2, 0) is 11.8 Å². The summed E-state index contributed by atoms with van der Waals surface area (Å²) in [7, 11) is 0. The molecule has 2 aromatic rings. The first kappa shape index (κ1) is 22.1. The molecule has 0 unspecified atom stereocenters. The first-order valence-corrected chi connectivity index (χ1v) is 14.9. The van der Waals surface area contributed by atoms with Gasteiger partial charge in [-0.25, -0.2) is 4.78 Å². The first-order chi connectivity index (χ1) is 15.4. The van der Waals surface area contributed by atoms with Crippen molar-refractivity contribution in [3.63, 3.8) is 0 Å².